The maximum Gasteiger partial charge on any atom is 0.184 e. The largest absolute Gasteiger partial charge is 0.393 e. The lowest BCUT2D eigenvalue weighted by atomic mass is 9.97. The predicted octanol–water partition coefficient (Wildman–Crippen LogP) is 1.41. The maximum atomic E-state index is 5.60. The highest BCUT2D eigenvalue weighted by molar-refractivity contribution is 5.73. The standard InChI is InChI=1S/C10H11N3O/c1-4-9(5-1)14-13-7-8-3-2-6-11-10(8)12-13/h2-3,6-7,9H,1,4-5H2. The van der Waals surface area contributed by atoms with Crippen molar-refractivity contribution in [2.75, 3.05) is 0 Å². The van der Waals surface area contributed by atoms with Crippen LogP contribution in [-0.4, -0.2) is 21.0 Å². The Morgan fingerprint density at radius 3 is 3.07 bits per heavy atom. The Morgan fingerprint density at radius 1 is 1.43 bits per heavy atom. The highest BCUT2D eigenvalue weighted by Crippen LogP contribution is 2.19. The van der Waals surface area contributed by atoms with Crippen LogP contribution in [0, 0.1) is 0 Å². The van der Waals surface area contributed by atoms with Gasteiger partial charge in [0.15, 0.2) is 5.65 Å². The lowest BCUT2D eigenvalue weighted by Gasteiger charge is -2.24. The fourth-order valence-corrected chi connectivity index (χ4v) is 1.52. The number of hydrogen-bond acceptors (Lipinski definition) is 3. The van der Waals surface area contributed by atoms with Crippen LogP contribution in [0.5, 0.6) is 0 Å². The molecule has 1 saturated carbocycles. The molecule has 1 aliphatic carbocycles. The average molecular weight is 189 g/mol. The molecular formula is C10H11N3O. The van der Waals surface area contributed by atoms with Crippen LogP contribution in [0.25, 0.3) is 11.0 Å². The van der Waals surface area contributed by atoms with Gasteiger partial charge in [-0.25, -0.2) is 4.98 Å². The summed E-state index contributed by atoms with van der Waals surface area (Å²) in [4.78, 5) is 11.3. The van der Waals surface area contributed by atoms with E-state index in [0.717, 1.165) is 23.9 Å². The van der Waals surface area contributed by atoms with E-state index in [-0.39, 0.29) is 0 Å². The predicted molar refractivity (Wildman–Crippen MR) is 51.7 cm³/mol. The van der Waals surface area contributed by atoms with Crippen LogP contribution in [0.1, 0.15) is 19.3 Å². The van der Waals surface area contributed by atoms with Gasteiger partial charge in [-0.1, -0.05) is 0 Å². The molecule has 0 aliphatic heterocycles. The molecule has 14 heavy (non-hydrogen) atoms. The zero-order valence-corrected chi connectivity index (χ0v) is 7.76. The van der Waals surface area contributed by atoms with E-state index < -0.39 is 0 Å². The van der Waals surface area contributed by atoms with E-state index in [4.69, 9.17) is 4.84 Å². The maximum absolute atomic E-state index is 5.60. The molecule has 0 aromatic carbocycles. The molecule has 0 unspecified atom stereocenters. The lowest BCUT2D eigenvalue weighted by molar-refractivity contribution is -0.0257. The van der Waals surface area contributed by atoms with Gasteiger partial charge in [0.25, 0.3) is 0 Å². The zero-order chi connectivity index (χ0) is 9.38. The van der Waals surface area contributed by atoms with Crippen molar-refractivity contribution in [3.63, 3.8) is 0 Å². The van der Waals surface area contributed by atoms with E-state index in [1.165, 1.54) is 6.42 Å². The minimum Gasteiger partial charge on any atom is -0.393 e. The Balaban J connectivity index is 1.89. The van der Waals surface area contributed by atoms with Gasteiger partial charge in [-0.15, -0.1) is 9.94 Å². The number of nitrogens with zero attached hydrogens (tertiary/aromatic N) is 3. The molecule has 2 aromatic rings. The summed E-state index contributed by atoms with van der Waals surface area (Å²) in [5.74, 6) is 0. The van der Waals surface area contributed by atoms with Gasteiger partial charge in [0.1, 0.15) is 6.10 Å². The second kappa shape index (κ2) is 2.97. The molecule has 4 nitrogen and oxygen atoms in total. The van der Waals surface area contributed by atoms with E-state index in [0.29, 0.717) is 6.10 Å². The van der Waals surface area contributed by atoms with Gasteiger partial charge in [-0.3, -0.25) is 0 Å². The molecule has 0 atom stereocenters. The fraction of sp³-hybridized carbons (Fsp3) is 0.400. The molecule has 0 spiro atoms. The summed E-state index contributed by atoms with van der Waals surface area (Å²) in [6.45, 7) is 0. The van der Waals surface area contributed by atoms with Gasteiger partial charge in [-0.2, -0.15) is 0 Å². The summed E-state index contributed by atoms with van der Waals surface area (Å²) < 4.78 is 0. The molecule has 72 valence electrons. The molecule has 0 saturated heterocycles. The van der Waals surface area contributed by atoms with Crippen molar-refractivity contribution in [2.45, 2.75) is 25.4 Å². The van der Waals surface area contributed by atoms with Crippen LogP contribution in [0.3, 0.4) is 0 Å². The van der Waals surface area contributed by atoms with E-state index >= 15 is 0 Å². The van der Waals surface area contributed by atoms with Crippen LogP contribution in [0.4, 0.5) is 0 Å². The topological polar surface area (TPSA) is 39.9 Å². The molecule has 4 heteroatoms. The zero-order valence-electron chi connectivity index (χ0n) is 7.76. The van der Waals surface area contributed by atoms with E-state index in [9.17, 15) is 0 Å². The molecule has 0 radical (unpaired) electrons. The third-order valence-corrected chi connectivity index (χ3v) is 2.57. The van der Waals surface area contributed by atoms with Crippen molar-refractivity contribution in [3.8, 4) is 0 Å². The van der Waals surface area contributed by atoms with Crippen molar-refractivity contribution in [3.05, 3.63) is 24.5 Å². The van der Waals surface area contributed by atoms with Gasteiger partial charge in [0, 0.05) is 11.6 Å². The minimum atomic E-state index is 0.351. The molecular weight excluding hydrogens is 178 g/mol. The van der Waals surface area contributed by atoms with Gasteiger partial charge in [0.2, 0.25) is 0 Å². The highest BCUT2D eigenvalue weighted by Gasteiger charge is 2.20. The molecule has 1 aliphatic rings. The third-order valence-electron chi connectivity index (χ3n) is 2.57. The minimum absolute atomic E-state index is 0.351. The SMILES string of the molecule is c1cnc2nn(OC3CCC3)cc2c1. The highest BCUT2D eigenvalue weighted by atomic mass is 16.7. The summed E-state index contributed by atoms with van der Waals surface area (Å²) in [6, 6.07) is 3.88. The Morgan fingerprint density at radius 2 is 2.36 bits per heavy atom. The van der Waals surface area contributed by atoms with Gasteiger partial charge in [0.05, 0.1) is 6.20 Å². The quantitative estimate of drug-likeness (QED) is 0.717. The second-order valence-corrected chi connectivity index (χ2v) is 3.61. The van der Waals surface area contributed by atoms with E-state index in [1.807, 2.05) is 18.3 Å². The molecule has 0 N–H and O–H groups in total. The van der Waals surface area contributed by atoms with Crippen LogP contribution in [-0.2, 0) is 0 Å². The number of pyridine rings is 1. The van der Waals surface area contributed by atoms with Crippen molar-refractivity contribution >= 4 is 11.0 Å². The molecule has 0 amide bonds. The van der Waals surface area contributed by atoms with Crippen molar-refractivity contribution in [1.82, 2.24) is 14.9 Å². The normalized spacial score (nSPS) is 16.9. The third kappa shape index (κ3) is 1.23. The average Bonchev–Trinajstić information content (AvgIpc) is 2.53. The first kappa shape index (κ1) is 7.79. The van der Waals surface area contributed by atoms with Gasteiger partial charge >= 0.3 is 0 Å². The number of fused-ring (bicyclic) bond motifs is 1. The molecule has 3 rings (SSSR count). The smallest absolute Gasteiger partial charge is 0.184 e. The van der Waals surface area contributed by atoms with Crippen LogP contribution in [0.2, 0.25) is 0 Å². The molecule has 2 heterocycles. The summed E-state index contributed by atoms with van der Waals surface area (Å²) in [6.07, 6.45) is 7.52. The van der Waals surface area contributed by atoms with Crippen molar-refractivity contribution in [2.24, 2.45) is 0 Å². The van der Waals surface area contributed by atoms with Crippen molar-refractivity contribution < 1.29 is 4.84 Å². The molecule has 1 fully saturated rings. The van der Waals surface area contributed by atoms with Crippen LogP contribution in [0.15, 0.2) is 24.5 Å². The Bertz CT molecular complexity index is 414. The molecule has 0 bridgehead atoms. The molecule has 2 aromatic heterocycles. The Hall–Kier alpha value is -1.58. The number of rotatable bonds is 2. The lowest BCUT2D eigenvalue weighted by Crippen LogP contribution is -2.31. The summed E-state index contributed by atoms with van der Waals surface area (Å²) in [5.41, 5.74) is 0.742. The second-order valence-electron chi connectivity index (χ2n) is 3.61. The first-order valence-electron chi connectivity index (χ1n) is 4.89. The summed E-state index contributed by atoms with van der Waals surface area (Å²) >= 11 is 0. The monoisotopic (exact) mass is 189 g/mol. The van der Waals surface area contributed by atoms with E-state index in [2.05, 4.69) is 10.1 Å². The van der Waals surface area contributed by atoms with Crippen LogP contribution >= 0.6 is 0 Å². The summed E-state index contributed by atoms with van der Waals surface area (Å²) in [5, 5.41) is 5.24. The number of hydrogen-bond donors (Lipinski definition) is 0. The Labute approximate surface area is 81.5 Å². The van der Waals surface area contributed by atoms with E-state index in [1.54, 1.807) is 11.0 Å². The fourth-order valence-electron chi connectivity index (χ4n) is 1.52. The summed E-state index contributed by atoms with van der Waals surface area (Å²) in [7, 11) is 0. The van der Waals surface area contributed by atoms with Crippen molar-refractivity contribution in [1.29, 1.82) is 0 Å². The first-order valence-corrected chi connectivity index (χ1v) is 4.89. The first-order chi connectivity index (χ1) is 6.92. The van der Waals surface area contributed by atoms with Gasteiger partial charge in [-0.05, 0) is 31.4 Å². The van der Waals surface area contributed by atoms with Crippen LogP contribution < -0.4 is 4.84 Å². The number of aromatic nitrogens is 3. The Kier molecular flexibility index (Phi) is 1.65. The van der Waals surface area contributed by atoms with Gasteiger partial charge < -0.3 is 4.84 Å².